The van der Waals surface area contributed by atoms with Crippen molar-refractivity contribution < 1.29 is 14.6 Å². The topological polar surface area (TPSA) is 51.6 Å². The Morgan fingerprint density at radius 2 is 2.00 bits per heavy atom. The first-order chi connectivity index (χ1) is 9.15. The van der Waals surface area contributed by atoms with Gasteiger partial charge in [0, 0.05) is 5.39 Å². The number of aliphatic hydroxyl groups is 1. The van der Waals surface area contributed by atoms with Gasteiger partial charge in [0.05, 0.1) is 24.4 Å². The van der Waals surface area contributed by atoms with Crippen LogP contribution in [0, 0.1) is 0 Å². The summed E-state index contributed by atoms with van der Waals surface area (Å²) in [5.41, 5.74) is 0.929. The zero-order valence-electron chi connectivity index (χ0n) is 11.2. The molecule has 4 heteroatoms. The van der Waals surface area contributed by atoms with Crippen molar-refractivity contribution in [3.8, 4) is 5.75 Å². The molecule has 0 radical (unpaired) electrons. The minimum Gasteiger partial charge on any atom is -0.489 e. The highest BCUT2D eigenvalue weighted by Gasteiger charge is 2.07. The number of nitrogens with zero attached hydrogens (tertiary/aromatic N) is 1. The van der Waals surface area contributed by atoms with E-state index in [0.717, 1.165) is 10.9 Å². The molecule has 1 aromatic carbocycles. The summed E-state index contributed by atoms with van der Waals surface area (Å²) < 4.78 is 10.8. The van der Waals surface area contributed by atoms with Crippen LogP contribution in [0.1, 0.15) is 13.8 Å². The molecule has 0 saturated heterocycles. The number of para-hydroxylation sites is 1. The summed E-state index contributed by atoms with van der Waals surface area (Å²) in [7, 11) is 0. The molecule has 1 N–H and O–H groups in total. The Bertz CT molecular complexity index is 528. The third-order valence-corrected chi connectivity index (χ3v) is 2.63. The fourth-order valence-corrected chi connectivity index (χ4v) is 1.67. The van der Waals surface area contributed by atoms with Gasteiger partial charge in [-0.05, 0) is 26.0 Å². The maximum absolute atomic E-state index is 9.70. The molecule has 1 atom stereocenters. The highest BCUT2D eigenvalue weighted by atomic mass is 16.5. The maximum Gasteiger partial charge on any atom is 0.138 e. The molecule has 0 unspecified atom stereocenters. The van der Waals surface area contributed by atoms with Gasteiger partial charge in [-0.2, -0.15) is 0 Å². The van der Waals surface area contributed by atoms with Gasteiger partial charge in [-0.3, -0.25) is 4.98 Å². The molecule has 0 aliphatic heterocycles. The molecular weight excluding hydrogens is 242 g/mol. The monoisotopic (exact) mass is 261 g/mol. The zero-order chi connectivity index (χ0) is 13.7. The number of aromatic nitrogens is 1. The number of rotatable bonds is 6. The Hall–Kier alpha value is -1.65. The molecule has 0 spiro atoms. The molecule has 102 valence electrons. The van der Waals surface area contributed by atoms with E-state index in [1.807, 2.05) is 44.2 Å². The summed E-state index contributed by atoms with van der Waals surface area (Å²) in [6.45, 7) is 4.34. The lowest BCUT2D eigenvalue weighted by molar-refractivity contribution is -0.0123. The van der Waals surface area contributed by atoms with E-state index in [9.17, 15) is 5.11 Å². The Kier molecular flexibility index (Phi) is 4.71. The van der Waals surface area contributed by atoms with Gasteiger partial charge in [0.15, 0.2) is 0 Å². The highest BCUT2D eigenvalue weighted by molar-refractivity contribution is 5.79. The van der Waals surface area contributed by atoms with Gasteiger partial charge in [0.25, 0.3) is 0 Å². The van der Waals surface area contributed by atoms with E-state index >= 15 is 0 Å². The number of pyridine rings is 1. The van der Waals surface area contributed by atoms with Crippen molar-refractivity contribution in [2.45, 2.75) is 26.1 Å². The van der Waals surface area contributed by atoms with E-state index in [1.165, 1.54) is 0 Å². The van der Waals surface area contributed by atoms with Gasteiger partial charge in [-0.15, -0.1) is 0 Å². The average molecular weight is 261 g/mol. The number of hydrogen-bond acceptors (Lipinski definition) is 4. The zero-order valence-corrected chi connectivity index (χ0v) is 11.2. The Morgan fingerprint density at radius 1 is 1.21 bits per heavy atom. The first-order valence-corrected chi connectivity index (χ1v) is 6.42. The van der Waals surface area contributed by atoms with Crippen LogP contribution in [0.2, 0.25) is 0 Å². The van der Waals surface area contributed by atoms with Crippen LogP contribution in [0.4, 0.5) is 0 Å². The lowest BCUT2D eigenvalue weighted by Crippen LogP contribution is -2.25. The van der Waals surface area contributed by atoms with Crippen LogP contribution < -0.4 is 4.74 Å². The van der Waals surface area contributed by atoms with Gasteiger partial charge >= 0.3 is 0 Å². The van der Waals surface area contributed by atoms with E-state index < -0.39 is 6.10 Å². The summed E-state index contributed by atoms with van der Waals surface area (Å²) in [5.74, 6) is 0.655. The van der Waals surface area contributed by atoms with Gasteiger partial charge in [0.2, 0.25) is 0 Å². The first kappa shape index (κ1) is 13.8. The van der Waals surface area contributed by atoms with E-state index in [4.69, 9.17) is 9.47 Å². The molecule has 0 fully saturated rings. The molecule has 1 heterocycles. The summed E-state index contributed by atoms with van der Waals surface area (Å²) in [6, 6.07) is 9.75. The molecule has 1 aromatic heterocycles. The summed E-state index contributed by atoms with van der Waals surface area (Å²) >= 11 is 0. The maximum atomic E-state index is 9.70. The smallest absolute Gasteiger partial charge is 0.138 e. The van der Waals surface area contributed by atoms with Crippen LogP contribution in [0.25, 0.3) is 10.9 Å². The third kappa shape index (κ3) is 4.19. The van der Waals surface area contributed by atoms with Crippen LogP contribution in [0.3, 0.4) is 0 Å². The summed E-state index contributed by atoms with van der Waals surface area (Å²) in [5, 5.41) is 10.7. The van der Waals surface area contributed by atoms with Crippen molar-refractivity contribution >= 4 is 10.9 Å². The number of benzene rings is 1. The van der Waals surface area contributed by atoms with Gasteiger partial charge in [-0.25, -0.2) is 0 Å². The standard InChI is InChI=1S/C15H19NO3/c1-11(2)18-9-13(17)10-19-14-7-12-5-3-4-6-15(12)16-8-14/h3-8,11,13,17H,9-10H2,1-2H3/t13-/m1/s1. The van der Waals surface area contributed by atoms with Crippen molar-refractivity contribution in [3.05, 3.63) is 36.5 Å². The molecule has 2 aromatic rings. The third-order valence-electron chi connectivity index (χ3n) is 2.63. The van der Waals surface area contributed by atoms with E-state index in [1.54, 1.807) is 6.20 Å². The van der Waals surface area contributed by atoms with Crippen LogP contribution >= 0.6 is 0 Å². The number of ether oxygens (including phenoxy) is 2. The Labute approximate surface area is 113 Å². The molecule has 0 aliphatic rings. The molecule has 19 heavy (non-hydrogen) atoms. The lowest BCUT2D eigenvalue weighted by Gasteiger charge is -2.14. The predicted molar refractivity (Wildman–Crippen MR) is 74.3 cm³/mol. The van der Waals surface area contributed by atoms with Crippen molar-refractivity contribution in [1.29, 1.82) is 0 Å². The largest absolute Gasteiger partial charge is 0.489 e. The number of fused-ring (bicyclic) bond motifs is 1. The lowest BCUT2D eigenvalue weighted by atomic mass is 10.2. The van der Waals surface area contributed by atoms with E-state index in [-0.39, 0.29) is 19.3 Å². The molecule has 2 rings (SSSR count). The van der Waals surface area contributed by atoms with E-state index in [2.05, 4.69) is 4.98 Å². The number of hydrogen-bond donors (Lipinski definition) is 1. The molecular formula is C15H19NO3. The second-order valence-corrected chi connectivity index (χ2v) is 4.71. The molecule has 0 bridgehead atoms. The van der Waals surface area contributed by atoms with Crippen molar-refractivity contribution in [1.82, 2.24) is 4.98 Å². The van der Waals surface area contributed by atoms with Crippen molar-refractivity contribution in [3.63, 3.8) is 0 Å². The summed E-state index contributed by atoms with van der Waals surface area (Å²) in [6.07, 6.45) is 1.14. The molecule has 0 amide bonds. The highest BCUT2D eigenvalue weighted by Crippen LogP contribution is 2.17. The van der Waals surface area contributed by atoms with Crippen LogP contribution in [-0.4, -0.2) is 35.5 Å². The van der Waals surface area contributed by atoms with Crippen LogP contribution in [0.15, 0.2) is 36.5 Å². The Balaban J connectivity index is 1.90. The molecule has 0 aliphatic carbocycles. The van der Waals surface area contributed by atoms with E-state index in [0.29, 0.717) is 5.75 Å². The fraction of sp³-hybridized carbons (Fsp3) is 0.400. The van der Waals surface area contributed by atoms with Gasteiger partial charge in [0.1, 0.15) is 18.5 Å². The Morgan fingerprint density at radius 3 is 2.79 bits per heavy atom. The number of aliphatic hydroxyl groups excluding tert-OH is 1. The SMILES string of the molecule is CC(C)OC[C@@H](O)COc1cnc2ccccc2c1. The second-order valence-electron chi connectivity index (χ2n) is 4.71. The van der Waals surface area contributed by atoms with Crippen molar-refractivity contribution in [2.24, 2.45) is 0 Å². The van der Waals surface area contributed by atoms with Gasteiger partial charge < -0.3 is 14.6 Å². The quantitative estimate of drug-likeness (QED) is 0.867. The molecule has 4 nitrogen and oxygen atoms in total. The normalized spacial score (nSPS) is 12.8. The molecule has 0 saturated carbocycles. The minimum absolute atomic E-state index is 0.108. The first-order valence-electron chi connectivity index (χ1n) is 6.42. The average Bonchev–Trinajstić information content (AvgIpc) is 2.42. The van der Waals surface area contributed by atoms with Crippen LogP contribution in [-0.2, 0) is 4.74 Å². The van der Waals surface area contributed by atoms with Gasteiger partial charge in [-0.1, -0.05) is 18.2 Å². The second kappa shape index (κ2) is 6.50. The minimum atomic E-state index is -0.631. The predicted octanol–water partition coefficient (Wildman–Crippen LogP) is 2.40. The van der Waals surface area contributed by atoms with Crippen LogP contribution in [0.5, 0.6) is 5.75 Å². The summed E-state index contributed by atoms with van der Waals surface area (Å²) in [4.78, 5) is 4.30. The fourth-order valence-electron chi connectivity index (χ4n) is 1.67. The van der Waals surface area contributed by atoms with Crippen molar-refractivity contribution in [2.75, 3.05) is 13.2 Å².